The van der Waals surface area contributed by atoms with Gasteiger partial charge in [0.1, 0.15) is 6.33 Å². The summed E-state index contributed by atoms with van der Waals surface area (Å²) < 4.78 is 1.55. The Bertz CT molecular complexity index is 605. The fourth-order valence-corrected chi connectivity index (χ4v) is 2.54. The Labute approximate surface area is 122 Å². The van der Waals surface area contributed by atoms with E-state index in [0.29, 0.717) is 18.0 Å². The lowest BCUT2D eigenvalue weighted by Gasteiger charge is -2.27. The van der Waals surface area contributed by atoms with E-state index in [9.17, 15) is 4.79 Å². The largest absolute Gasteiger partial charge is 0.337 e. The SMILES string of the molecule is CN(C(=O)c1ccc(-n2cnnn2)cc1)C(CN)C1CC1. The Morgan fingerprint density at radius 1 is 1.43 bits per heavy atom. The van der Waals surface area contributed by atoms with Gasteiger partial charge in [-0.1, -0.05) is 0 Å². The molecule has 21 heavy (non-hydrogen) atoms. The predicted octanol–water partition coefficient (Wildman–Crippen LogP) is 0.472. The first-order valence-electron chi connectivity index (χ1n) is 7.01. The molecule has 0 spiro atoms. The van der Waals surface area contributed by atoms with E-state index in [-0.39, 0.29) is 11.9 Å². The molecule has 1 aromatic heterocycles. The molecule has 0 aliphatic heterocycles. The van der Waals surface area contributed by atoms with Crippen molar-refractivity contribution >= 4 is 5.91 Å². The van der Waals surface area contributed by atoms with Gasteiger partial charge in [0.2, 0.25) is 0 Å². The van der Waals surface area contributed by atoms with E-state index in [1.807, 2.05) is 19.2 Å². The van der Waals surface area contributed by atoms with Gasteiger partial charge in [-0.15, -0.1) is 5.10 Å². The summed E-state index contributed by atoms with van der Waals surface area (Å²) in [7, 11) is 1.83. The first-order chi connectivity index (χ1) is 10.2. The maximum absolute atomic E-state index is 12.5. The van der Waals surface area contributed by atoms with Crippen LogP contribution in [0.5, 0.6) is 0 Å². The molecule has 1 heterocycles. The lowest BCUT2D eigenvalue weighted by atomic mass is 10.1. The topological polar surface area (TPSA) is 89.9 Å². The Morgan fingerprint density at radius 3 is 2.67 bits per heavy atom. The molecule has 0 bridgehead atoms. The number of carbonyl (C=O) groups is 1. The summed E-state index contributed by atoms with van der Waals surface area (Å²) in [5.74, 6) is 0.560. The van der Waals surface area contributed by atoms with Crippen LogP contribution in [-0.4, -0.2) is 50.6 Å². The van der Waals surface area contributed by atoms with Gasteiger partial charge < -0.3 is 10.6 Å². The first kappa shape index (κ1) is 13.7. The Kier molecular flexibility index (Phi) is 3.66. The van der Waals surface area contributed by atoms with E-state index in [2.05, 4.69) is 15.5 Å². The standard InChI is InChI=1S/C14H18N6O/c1-19(13(8-15)10-2-3-10)14(21)11-4-6-12(7-5-11)20-9-16-17-18-20/h4-7,9-10,13H,2-3,8,15H2,1H3. The zero-order chi connectivity index (χ0) is 14.8. The fourth-order valence-electron chi connectivity index (χ4n) is 2.54. The van der Waals surface area contributed by atoms with E-state index < -0.39 is 0 Å². The maximum atomic E-state index is 12.5. The fraction of sp³-hybridized carbons (Fsp3) is 0.429. The van der Waals surface area contributed by atoms with Crippen LogP contribution < -0.4 is 5.73 Å². The van der Waals surface area contributed by atoms with Gasteiger partial charge in [0, 0.05) is 25.2 Å². The minimum atomic E-state index is 0.000570. The molecule has 2 N–H and O–H groups in total. The second-order valence-corrected chi connectivity index (χ2v) is 5.36. The highest BCUT2D eigenvalue weighted by Gasteiger charge is 2.34. The Balaban J connectivity index is 1.75. The van der Waals surface area contributed by atoms with Crippen LogP contribution in [0.3, 0.4) is 0 Å². The zero-order valence-electron chi connectivity index (χ0n) is 11.9. The number of aromatic nitrogens is 4. The number of likely N-dealkylation sites (N-methyl/N-ethyl adjacent to an activating group) is 1. The molecule has 1 aliphatic carbocycles. The van der Waals surface area contributed by atoms with Crippen LogP contribution in [0.1, 0.15) is 23.2 Å². The van der Waals surface area contributed by atoms with Gasteiger partial charge in [0.25, 0.3) is 5.91 Å². The third kappa shape index (κ3) is 2.78. The molecule has 7 heteroatoms. The van der Waals surface area contributed by atoms with Crippen molar-refractivity contribution < 1.29 is 4.79 Å². The van der Waals surface area contributed by atoms with Crippen LogP contribution in [0.2, 0.25) is 0 Å². The van der Waals surface area contributed by atoms with Gasteiger partial charge in [-0.05, 0) is 53.5 Å². The van der Waals surface area contributed by atoms with Gasteiger partial charge in [-0.3, -0.25) is 4.79 Å². The van der Waals surface area contributed by atoms with Crippen molar-refractivity contribution in [3.63, 3.8) is 0 Å². The normalized spacial score (nSPS) is 15.7. The lowest BCUT2D eigenvalue weighted by molar-refractivity contribution is 0.0718. The molecule has 1 aromatic carbocycles. The molecule has 1 saturated carbocycles. The second kappa shape index (κ2) is 5.61. The van der Waals surface area contributed by atoms with Crippen molar-refractivity contribution in [1.29, 1.82) is 0 Å². The van der Waals surface area contributed by atoms with Crippen molar-refractivity contribution in [2.45, 2.75) is 18.9 Å². The molecule has 1 unspecified atom stereocenters. The van der Waals surface area contributed by atoms with Crippen molar-refractivity contribution in [1.82, 2.24) is 25.1 Å². The zero-order valence-corrected chi connectivity index (χ0v) is 11.9. The molecule has 1 fully saturated rings. The molecule has 1 aliphatic rings. The smallest absolute Gasteiger partial charge is 0.253 e. The van der Waals surface area contributed by atoms with Crippen LogP contribution >= 0.6 is 0 Å². The lowest BCUT2D eigenvalue weighted by Crippen LogP contribution is -2.43. The molecule has 1 atom stereocenters. The van der Waals surface area contributed by atoms with Crippen molar-refractivity contribution in [2.75, 3.05) is 13.6 Å². The van der Waals surface area contributed by atoms with Crippen LogP contribution in [0.25, 0.3) is 5.69 Å². The molecule has 1 amide bonds. The summed E-state index contributed by atoms with van der Waals surface area (Å²) >= 11 is 0. The average Bonchev–Trinajstić information content (AvgIpc) is 3.20. The van der Waals surface area contributed by atoms with Crippen molar-refractivity contribution in [3.05, 3.63) is 36.2 Å². The summed E-state index contributed by atoms with van der Waals surface area (Å²) in [6, 6.07) is 7.36. The minimum Gasteiger partial charge on any atom is -0.337 e. The second-order valence-electron chi connectivity index (χ2n) is 5.36. The Morgan fingerprint density at radius 2 is 2.14 bits per heavy atom. The summed E-state index contributed by atoms with van der Waals surface area (Å²) in [5.41, 5.74) is 7.26. The maximum Gasteiger partial charge on any atom is 0.253 e. The van der Waals surface area contributed by atoms with Crippen LogP contribution in [0, 0.1) is 5.92 Å². The summed E-state index contributed by atoms with van der Waals surface area (Å²) in [6.07, 6.45) is 3.84. The molecule has 0 radical (unpaired) electrons. The number of hydrogen-bond donors (Lipinski definition) is 1. The van der Waals surface area contributed by atoms with Crippen molar-refractivity contribution in [3.8, 4) is 5.69 Å². The molecular formula is C14H18N6O. The number of nitrogens with zero attached hydrogens (tertiary/aromatic N) is 5. The average molecular weight is 286 g/mol. The highest BCUT2D eigenvalue weighted by molar-refractivity contribution is 5.94. The van der Waals surface area contributed by atoms with Gasteiger partial charge in [0.05, 0.1) is 5.69 Å². The molecule has 110 valence electrons. The van der Waals surface area contributed by atoms with Crippen LogP contribution in [0.4, 0.5) is 0 Å². The van der Waals surface area contributed by atoms with Gasteiger partial charge in [-0.25, -0.2) is 4.68 Å². The predicted molar refractivity (Wildman–Crippen MR) is 76.8 cm³/mol. The Hall–Kier alpha value is -2.28. The molecule has 7 nitrogen and oxygen atoms in total. The quantitative estimate of drug-likeness (QED) is 0.863. The van der Waals surface area contributed by atoms with Gasteiger partial charge in [0.15, 0.2) is 0 Å². The number of nitrogens with two attached hydrogens (primary N) is 1. The summed E-state index contributed by atoms with van der Waals surface area (Å²) in [4.78, 5) is 14.3. The van der Waals surface area contributed by atoms with Crippen LogP contribution in [0.15, 0.2) is 30.6 Å². The number of rotatable bonds is 5. The minimum absolute atomic E-state index is 0.000570. The summed E-state index contributed by atoms with van der Waals surface area (Å²) in [6.45, 7) is 0.510. The van der Waals surface area contributed by atoms with E-state index >= 15 is 0 Å². The molecular weight excluding hydrogens is 268 g/mol. The molecule has 2 aromatic rings. The number of hydrogen-bond acceptors (Lipinski definition) is 5. The van der Waals surface area contributed by atoms with Crippen LogP contribution in [-0.2, 0) is 0 Å². The number of benzene rings is 1. The number of tetrazole rings is 1. The van der Waals surface area contributed by atoms with Gasteiger partial charge in [-0.2, -0.15) is 0 Å². The highest BCUT2D eigenvalue weighted by Crippen LogP contribution is 2.34. The third-order valence-electron chi connectivity index (χ3n) is 3.95. The van der Waals surface area contributed by atoms with Gasteiger partial charge >= 0.3 is 0 Å². The first-order valence-corrected chi connectivity index (χ1v) is 7.01. The van der Waals surface area contributed by atoms with E-state index in [1.165, 1.54) is 6.33 Å². The molecule has 3 rings (SSSR count). The summed E-state index contributed by atoms with van der Waals surface area (Å²) in [5, 5.41) is 11.0. The number of carbonyl (C=O) groups excluding carboxylic acids is 1. The highest BCUT2D eigenvalue weighted by atomic mass is 16.2. The molecule has 0 saturated heterocycles. The monoisotopic (exact) mass is 286 g/mol. The number of amides is 1. The van der Waals surface area contributed by atoms with E-state index in [4.69, 9.17) is 5.73 Å². The van der Waals surface area contributed by atoms with Crippen molar-refractivity contribution in [2.24, 2.45) is 11.7 Å². The van der Waals surface area contributed by atoms with E-state index in [0.717, 1.165) is 18.5 Å². The third-order valence-corrected chi connectivity index (χ3v) is 3.95. The van der Waals surface area contributed by atoms with E-state index in [1.54, 1.807) is 21.7 Å².